The van der Waals surface area contributed by atoms with Gasteiger partial charge in [-0.05, 0) is 56.4 Å². The zero-order chi connectivity index (χ0) is 27.1. The van der Waals surface area contributed by atoms with E-state index >= 15 is 0 Å². The topological polar surface area (TPSA) is 87.2 Å². The fraction of sp³-hybridized carbons (Fsp3) is 0.483. The molecule has 1 saturated heterocycles. The Morgan fingerprint density at radius 1 is 1.30 bits per heavy atom. The van der Waals surface area contributed by atoms with Crippen LogP contribution in [0.15, 0.2) is 54.2 Å². The number of carbonyl (C=O) groups is 3. The molecule has 200 valence electrons. The summed E-state index contributed by atoms with van der Waals surface area (Å²) in [4.78, 5) is 38.5. The second-order valence-electron chi connectivity index (χ2n) is 10.00. The summed E-state index contributed by atoms with van der Waals surface area (Å²) in [5, 5.41) is 10.1. The van der Waals surface area contributed by atoms with Crippen molar-refractivity contribution in [1.82, 2.24) is 9.80 Å². The van der Waals surface area contributed by atoms with Gasteiger partial charge in [0.25, 0.3) is 0 Å². The minimum atomic E-state index is -0.738. The summed E-state index contributed by atoms with van der Waals surface area (Å²) < 4.78 is 5.64. The highest BCUT2D eigenvalue weighted by Gasteiger charge is 2.39. The molecule has 1 saturated carbocycles. The van der Waals surface area contributed by atoms with E-state index in [2.05, 4.69) is 24.5 Å². The summed E-state index contributed by atoms with van der Waals surface area (Å²) in [7, 11) is 0. The number of likely N-dealkylation sites (tertiary alicyclic amines) is 1. The average Bonchev–Trinajstić information content (AvgIpc) is 3.12. The standard InChI is InChI=1S/C29H37ClN2O5/c1-19(2)14-22(6-5-12-37-13-11-31-27(33)9-10-28(31)34)18-32(25-16-24(17-25)29(35)36)21(4)23-7-8-26(30)20(3)15-23/h5-8,14-15,21,24-25H,1,9-13,16-18H2,2-4H3,(H,35,36)/b6-5-,22-14+/t21-,24-,25+/m0/s1. The van der Waals surface area contributed by atoms with E-state index in [1.807, 2.05) is 44.2 Å². The molecular formula is C29H37ClN2O5. The van der Waals surface area contributed by atoms with E-state index in [1.165, 1.54) is 4.90 Å². The Kier molecular flexibility index (Phi) is 10.3. The van der Waals surface area contributed by atoms with Crippen LogP contribution in [0.3, 0.4) is 0 Å². The highest BCUT2D eigenvalue weighted by atomic mass is 35.5. The molecule has 0 unspecified atom stereocenters. The molecule has 1 aromatic rings. The average molecular weight is 529 g/mol. The number of rotatable bonds is 13. The molecule has 1 aliphatic heterocycles. The smallest absolute Gasteiger partial charge is 0.306 e. The largest absolute Gasteiger partial charge is 0.481 e. The molecule has 2 aliphatic rings. The summed E-state index contributed by atoms with van der Waals surface area (Å²) in [5.74, 6) is -1.32. The monoisotopic (exact) mass is 528 g/mol. The number of carboxylic acid groups (broad SMARTS) is 1. The summed E-state index contributed by atoms with van der Waals surface area (Å²) >= 11 is 6.25. The number of aryl methyl sites for hydroxylation is 1. The number of amides is 2. The first-order valence-electron chi connectivity index (χ1n) is 12.7. The third kappa shape index (κ3) is 7.87. The Balaban J connectivity index is 1.66. The molecule has 7 nitrogen and oxygen atoms in total. The van der Waals surface area contributed by atoms with E-state index in [0.717, 1.165) is 27.3 Å². The van der Waals surface area contributed by atoms with Crippen molar-refractivity contribution >= 4 is 29.4 Å². The molecular weight excluding hydrogens is 492 g/mol. The van der Waals surface area contributed by atoms with Crippen molar-refractivity contribution < 1.29 is 24.2 Å². The van der Waals surface area contributed by atoms with Crippen molar-refractivity contribution in [2.75, 3.05) is 26.3 Å². The predicted molar refractivity (Wildman–Crippen MR) is 144 cm³/mol. The molecule has 1 atom stereocenters. The molecule has 37 heavy (non-hydrogen) atoms. The maximum atomic E-state index is 11.7. The van der Waals surface area contributed by atoms with Crippen LogP contribution in [0.5, 0.6) is 0 Å². The zero-order valence-electron chi connectivity index (χ0n) is 21.9. The van der Waals surface area contributed by atoms with E-state index in [4.69, 9.17) is 16.3 Å². The minimum absolute atomic E-state index is 0.0596. The number of nitrogens with zero attached hydrogens (tertiary/aromatic N) is 2. The second kappa shape index (κ2) is 13.2. The van der Waals surface area contributed by atoms with Crippen LogP contribution >= 0.6 is 11.6 Å². The number of imide groups is 1. The molecule has 0 radical (unpaired) electrons. The predicted octanol–water partition coefficient (Wildman–Crippen LogP) is 5.10. The first kappa shape index (κ1) is 28.8. The Labute approximate surface area is 224 Å². The number of hydrogen-bond donors (Lipinski definition) is 1. The van der Waals surface area contributed by atoms with Crippen LogP contribution in [0.4, 0.5) is 0 Å². The lowest BCUT2D eigenvalue weighted by atomic mass is 9.78. The third-order valence-electron chi connectivity index (χ3n) is 7.05. The third-order valence-corrected chi connectivity index (χ3v) is 7.47. The Morgan fingerprint density at radius 3 is 2.57 bits per heavy atom. The normalized spacial score (nSPS) is 21.1. The number of ether oxygens (including phenoxy) is 1. The van der Waals surface area contributed by atoms with Gasteiger partial charge in [0.15, 0.2) is 0 Å². The number of allylic oxidation sites excluding steroid dienone is 2. The van der Waals surface area contributed by atoms with Crippen molar-refractivity contribution in [3.63, 3.8) is 0 Å². The van der Waals surface area contributed by atoms with Crippen LogP contribution in [-0.4, -0.2) is 65.0 Å². The van der Waals surface area contributed by atoms with E-state index in [1.54, 1.807) is 0 Å². The van der Waals surface area contributed by atoms with Crippen LogP contribution < -0.4 is 0 Å². The van der Waals surface area contributed by atoms with Gasteiger partial charge in [0, 0.05) is 36.5 Å². The van der Waals surface area contributed by atoms with Gasteiger partial charge >= 0.3 is 5.97 Å². The molecule has 2 fully saturated rings. The van der Waals surface area contributed by atoms with Gasteiger partial charge in [-0.25, -0.2) is 0 Å². The molecule has 2 amide bonds. The fourth-order valence-electron chi connectivity index (χ4n) is 4.81. The molecule has 8 heteroatoms. The summed E-state index contributed by atoms with van der Waals surface area (Å²) in [5.41, 5.74) is 4.10. The van der Waals surface area contributed by atoms with Crippen LogP contribution in [0, 0.1) is 12.8 Å². The van der Waals surface area contributed by atoms with Gasteiger partial charge in [0.1, 0.15) is 0 Å². The van der Waals surface area contributed by atoms with Gasteiger partial charge in [-0.2, -0.15) is 0 Å². The SMILES string of the molecule is C=C(C)/C=C(\C=C/COCCN1C(=O)CCC1=O)CN([C@H]1C[C@@H](C(=O)O)C1)[C@@H](C)c1ccc(Cl)c(C)c1. The summed E-state index contributed by atoms with van der Waals surface area (Å²) in [6.07, 6.45) is 7.75. The van der Waals surface area contributed by atoms with Gasteiger partial charge < -0.3 is 9.84 Å². The van der Waals surface area contributed by atoms with E-state index < -0.39 is 5.97 Å². The quantitative estimate of drug-likeness (QED) is 0.218. The number of carboxylic acids is 1. The lowest BCUT2D eigenvalue weighted by molar-refractivity contribution is -0.147. The van der Waals surface area contributed by atoms with E-state index in [9.17, 15) is 19.5 Å². The molecule has 0 bridgehead atoms. The van der Waals surface area contributed by atoms with Crippen LogP contribution in [0.2, 0.25) is 5.02 Å². The molecule has 1 aromatic carbocycles. The highest BCUT2D eigenvalue weighted by Crippen LogP contribution is 2.38. The number of hydrogen-bond acceptors (Lipinski definition) is 5. The second-order valence-corrected chi connectivity index (χ2v) is 10.4. The number of aliphatic carboxylic acids is 1. The summed E-state index contributed by atoms with van der Waals surface area (Å²) in [6.45, 7) is 11.6. The molecule has 0 spiro atoms. The van der Waals surface area contributed by atoms with Crippen molar-refractivity contribution in [3.8, 4) is 0 Å². The van der Waals surface area contributed by atoms with Crippen molar-refractivity contribution in [1.29, 1.82) is 0 Å². The van der Waals surface area contributed by atoms with E-state index in [0.29, 0.717) is 32.6 Å². The van der Waals surface area contributed by atoms with Gasteiger partial charge in [-0.3, -0.25) is 24.2 Å². The van der Waals surface area contributed by atoms with Gasteiger partial charge in [-0.15, -0.1) is 0 Å². The van der Waals surface area contributed by atoms with Gasteiger partial charge in [0.2, 0.25) is 11.8 Å². The Bertz CT molecular complexity index is 1070. The van der Waals surface area contributed by atoms with E-state index in [-0.39, 0.29) is 49.2 Å². The van der Waals surface area contributed by atoms with Crippen LogP contribution in [0.25, 0.3) is 0 Å². The number of benzene rings is 1. The minimum Gasteiger partial charge on any atom is -0.481 e. The number of carbonyl (C=O) groups excluding carboxylic acids is 2. The van der Waals surface area contributed by atoms with Gasteiger partial charge in [-0.1, -0.05) is 54.1 Å². The maximum Gasteiger partial charge on any atom is 0.306 e. The lowest BCUT2D eigenvalue weighted by Gasteiger charge is -2.44. The Morgan fingerprint density at radius 2 is 1.97 bits per heavy atom. The molecule has 3 rings (SSSR count). The molecule has 1 heterocycles. The van der Waals surface area contributed by atoms with Crippen LogP contribution in [-0.2, 0) is 19.1 Å². The molecule has 0 aromatic heterocycles. The lowest BCUT2D eigenvalue weighted by Crippen LogP contribution is -2.48. The van der Waals surface area contributed by atoms with Crippen molar-refractivity contribution in [2.24, 2.45) is 5.92 Å². The van der Waals surface area contributed by atoms with Crippen LogP contribution in [0.1, 0.15) is 56.7 Å². The summed E-state index contributed by atoms with van der Waals surface area (Å²) in [6, 6.07) is 6.24. The Hall–Kier alpha value is -2.74. The maximum absolute atomic E-state index is 11.7. The molecule has 1 aliphatic carbocycles. The first-order valence-corrected chi connectivity index (χ1v) is 13.1. The fourth-order valence-corrected chi connectivity index (χ4v) is 4.93. The highest BCUT2D eigenvalue weighted by molar-refractivity contribution is 6.31. The zero-order valence-corrected chi connectivity index (χ0v) is 22.7. The van der Waals surface area contributed by atoms with Gasteiger partial charge in [0.05, 0.1) is 25.7 Å². The van der Waals surface area contributed by atoms with Crippen molar-refractivity contribution in [2.45, 2.75) is 58.5 Å². The first-order chi connectivity index (χ1) is 17.6. The number of halogens is 1. The van der Waals surface area contributed by atoms with Crippen molar-refractivity contribution in [3.05, 3.63) is 70.3 Å². The molecule has 1 N–H and O–H groups in total.